The fraction of sp³-hybridized carbons (Fsp3) is 0.533. The quantitative estimate of drug-likeness (QED) is 0.659. The van der Waals surface area contributed by atoms with Crippen molar-refractivity contribution in [1.29, 1.82) is 0 Å². The molecule has 1 atom stereocenters. The Hall–Kier alpha value is -1.11. The second-order valence-electron chi connectivity index (χ2n) is 4.74. The lowest BCUT2D eigenvalue weighted by Gasteiger charge is -2.18. The number of benzene rings is 1. The number of hydrogen-bond acceptors (Lipinski definition) is 1. The minimum absolute atomic E-state index is 0.324. The summed E-state index contributed by atoms with van der Waals surface area (Å²) in [6, 6.07) is 4.73. The molecule has 1 unspecified atom stereocenters. The van der Waals surface area contributed by atoms with Gasteiger partial charge in [0.1, 0.15) is 0 Å². The van der Waals surface area contributed by atoms with Crippen molar-refractivity contribution in [3.63, 3.8) is 0 Å². The molecule has 0 aliphatic carbocycles. The maximum Gasteiger partial charge on any atom is 0.0750 e. The Morgan fingerprint density at radius 1 is 1.12 bits per heavy atom. The summed E-state index contributed by atoms with van der Waals surface area (Å²) in [5, 5.41) is 0. The molecule has 16 heavy (non-hydrogen) atoms. The van der Waals surface area contributed by atoms with Gasteiger partial charge < -0.3 is 0 Å². The smallest absolute Gasteiger partial charge is 0.0750 e. The molecule has 0 heterocycles. The molecule has 0 aromatic heterocycles. The molecule has 88 valence electrons. The highest BCUT2D eigenvalue weighted by molar-refractivity contribution is 5.79. The molecule has 1 aromatic rings. The zero-order valence-electron chi connectivity index (χ0n) is 11.4. The van der Waals surface area contributed by atoms with Crippen molar-refractivity contribution in [3.8, 4) is 0 Å². The van der Waals surface area contributed by atoms with Gasteiger partial charge in [0.05, 0.1) is 6.04 Å². The van der Waals surface area contributed by atoms with Gasteiger partial charge in [0, 0.05) is 5.71 Å². The molecule has 0 saturated carbocycles. The average Bonchev–Trinajstić information content (AvgIpc) is 2.22. The number of nitrogens with zero attached hydrogens (tertiary/aromatic N) is 1. The van der Waals surface area contributed by atoms with E-state index in [1.165, 1.54) is 22.3 Å². The molecule has 0 spiro atoms. The molecule has 0 radical (unpaired) electrons. The average molecular weight is 217 g/mol. The van der Waals surface area contributed by atoms with Crippen molar-refractivity contribution >= 4 is 5.71 Å². The first-order valence-electron chi connectivity index (χ1n) is 6.05. The summed E-state index contributed by atoms with van der Waals surface area (Å²) in [5.41, 5.74) is 6.70. The van der Waals surface area contributed by atoms with Crippen LogP contribution in [-0.4, -0.2) is 5.71 Å². The van der Waals surface area contributed by atoms with Crippen LogP contribution in [0.3, 0.4) is 0 Å². The summed E-state index contributed by atoms with van der Waals surface area (Å²) in [7, 11) is 0. The van der Waals surface area contributed by atoms with Crippen LogP contribution in [-0.2, 0) is 0 Å². The van der Waals surface area contributed by atoms with Crippen molar-refractivity contribution in [2.75, 3.05) is 0 Å². The molecule has 0 fully saturated rings. The van der Waals surface area contributed by atoms with E-state index in [1.54, 1.807) is 0 Å². The molecule has 0 bridgehead atoms. The predicted octanol–water partition coefficient (Wildman–Crippen LogP) is 4.54. The first-order valence-corrected chi connectivity index (χ1v) is 6.05. The van der Waals surface area contributed by atoms with E-state index < -0.39 is 0 Å². The lowest BCUT2D eigenvalue weighted by atomic mass is 9.92. The van der Waals surface area contributed by atoms with Gasteiger partial charge in [0.2, 0.25) is 0 Å². The Morgan fingerprint density at radius 2 is 1.69 bits per heavy atom. The number of hydrogen-bond donors (Lipinski definition) is 0. The zero-order valence-corrected chi connectivity index (χ0v) is 11.4. The summed E-state index contributed by atoms with van der Waals surface area (Å²) >= 11 is 0. The molecule has 0 aliphatic rings. The summed E-state index contributed by atoms with van der Waals surface area (Å²) in [6.45, 7) is 12.9. The largest absolute Gasteiger partial charge is 0.287 e. The zero-order chi connectivity index (χ0) is 12.3. The van der Waals surface area contributed by atoms with Gasteiger partial charge in [0.15, 0.2) is 0 Å². The Bertz CT molecular complexity index is 398. The van der Waals surface area contributed by atoms with Crippen LogP contribution >= 0.6 is 0 Å². The van der Waals surface area contributed by atoms with Gasteiger partial charge in [-0.05, 0) is 63.3 Å². The van der Waals surface area contributed by atoms with Gasteiger partial charge in [-0.3, -0.25) is 4.99 Å². The van der Waals surface area contributed by atoms with Gasteiger partial charge in [0.25, 0.3) is 0 Å². The van der Waals surface area contributed by atoms with Crippen LogP contribution in [0, 0.1) is 20.8 Å². The maximum atomic E-state index is 4.75. The minimum atomic E-state index is 0.324. The highest BCUT2D eigenvalue weighted by atomic mass is 14.8. The van der Waals surface area contributed by atoms with E-state index in [0.717, 1.165) is 12.1 Å². The van der Waals surface area contributed by atoms with E-state index in [9.17, 15) is 0 Å². The van der Waals surface area contributed by atoms with E-state index in [1.807, 2.05) is 0 Å². The highest BCUT2D eigenvalue weighted by Crippen LogP contribution is 2.29. The van der Waals surface area contributed by atoms with Crippen molar-refractivity contribution < 1.29 is 0 Å². The SMILES string of the molecule is CCC(N=C(C)C)c1c(C)ccc(C)c1C. The Balaban J connectivity index is 3.29. The summed E-state index contributed by atoms with van der Waals surface area (Å²) < 4.78 is 0. The first-order chi connectivity index (χ1) is 7.47. The van der Waals surface area contributed by atoms with E-state index >= 15 is 0 Å². The van der Waals surface area contributed by atoms with Crippen molar-refractivity contribution in [3.05, 3.63) is 34.4 Å². The van der Waals surface area contributed by atoms with Crippen LogP contribution in [0.25, 0.3) is 0 Å². The predicted molar refractivity (Wildman–Crippen MR) is 72.5 cm³/mol. The van der Waals surface area contributed by atoms with Gasteiger partial charge in [-0.15, -0.1) is 0 Å². The Labute approximate surface area is 99.6 Å². The van der Waals surface area contributed by atoms with E-state index in [0.29, 0.717) is 6.04 Å². The lowest BCUT2D eigenvalue weighted by Crippen LogP contribution is -2.03. The molecular weight excluding hydrogens is 194 g/mol. The fourth-order valence-electron chi connectivity index (χ4n) is 2.16. The van der Waals surface area contributed by atoms with Gasteiger partial charge in [-0.25, -0.2) is 0 Å². The molecule has 0 aliphatic heterocycles. The topological polar surface area (TPSA) is 12.4 Å². The molecule has 0 N–H and O–H groups in total. The van der Waals surface area contributed by atoms with Crippen molar-refractivity contribution in [1.82, 2.24) is 0 Å². The summed E-state index contributed by atoms with van der Waals surface area (Å²) in [6.07, 6.45) is 1.07. The second kappa shape index (κ2) is 5.29. The van der Waals surface area contributed by atoms with Gasteiger partial charge >= 0.3 is 0 Å². The van der Waals surface area contributed by atoms with Crippen LogP contribution in [0.15, 0.2) is 17.1 Å². The van der Waals surface area contributed by atoms with Crippen LogP contribution in [0.1, 0.15) is 55.5 Å². The number of aryl methyl sites for hydroxylation is 2. The normalized spacial score (nSPS) is 12.4. The third-order valence-corrected chi connectivity index (χ3v) is 3.14. The molecule has 1 heteroatoms. The van der Waals surface area contributed by atoms with Crippen LogP contribution < -0.4 is 0 Å². The van der Waals surface area contributed by atoms with Gasteiger partial charge in [-0.1, -0.05) is 19.1 Å². The number of rotatable bonds is 3. The second-order valence-corrected chi connectivity index (χ2v) is 4.74. The lowest BCUT2D eigenvalue weighted by molar-refractivity contribution is 0.690. The van der Waals surface area contributed by atoms with Crippen LogP contribution in [0.2, 0.25) is 0 Å². The number of aliphatic imine (C=N–C) groups is 1. The van der Waals surface area contributed by atoms with E-state index in [-0.39, 0.29) is 0 Å². The first kappa shape index (κ1) is 13.0. The Kier molecular flexibility index (Phi) is 4.28. The van der Waals surface area contributed by atoms with Crippen LogP contribution in [0.5, 0.6) is 0 Å². The molecular formula is C15H23N. The highest BCUT2D eigenvalue weighted by Gasteiger charge is 2.14. The molecule has 1 rings (SSSR count). The standard InChI is InChI=1S/C15H23N/c1-7-14(16-10(2)3)15-12(5)9-8-11(4)13(15)6/h8-9,14H,7H2,1-6H3. The van der Waals surface area contributed by atoms with Crippen molar-refractivity contribution in [2.24, 2.45) is 4.99 Å². The molecule has 1 aromatic carbocycles. The fourth-order valence-corrected chi connectivity index (χ4v) is 2.16. The molecule has 0 saturated heterocycles. The maximum absolute atomic E-state index is 4.75. The van der Waals surface area contributed by atoms with Crippen LogP contribution in [0.4, 0.5) is 0 Å². The van der Waals surface area contributed by atoms with E-state index in [4.69, 9.17) is 4.99 Å². The minimum Gasteiger partial charge on any atom is -0.287 e. The molecule has 1 nitrogen and oxygen atoms in total. The summed E-state index contributed by atoms with van der Waals surface area (Å²) in [5.74, 6) is 0. The summed E-state index contributed by atoms with van der Waals surface area (Å²) in [4.78, 5) is 4.75. The van der Waals surface area contributed by atoms with Gasteiger partial charge in [-0.2, -0.15) is 0 Å². The third kappa shape index (κ3) is 2.72. The van der Waals surface area contributed by atoms with Crippen molar-refractivity contribution in [2.45, 2.75) is 54.0 Å². The monoisotopic (exact) mass is 217 g/mol. The molecule has 0 amide bonds. The van der Waals surface area contributed by atoms with E-state index in [2.05, 4.69) is 53.7 Å². The third-order valence-electron chi connectivity index (χ3n) is 3.14. The Morgan fingerprint density at radius 3 is 2.19 bits per heavy atom.